The maximum absolute atomic E-state index is 11.6. The smallest absolute Gasteiger partial charge is 0.319 e. The molecule has 1 heterocycles. The molecule has 0 spiro atoms. The Morgan fingerprint density at radius 2 is 2.06 bits per heavy atom. The van der Waals surface area contributed by atoms with Crippen LogP contribution in [0.5, 0.6) is 0 Å². The minimum atomic E-state index is -2.99. The highest BCUT2D eigenvalue weighted by atomic mass is 32.2. The van der Waals surface area contributed by atoms with Crippen molar-refractivity contribution in [2.24, 2.45) is 0 Å². The zero-order valence-electron chi connectivity index (χ0n) is 10.5. The molecular weight excluding hydrogens is 260 g/mol. The normalized spacial score (nSPS) is 21.8. The first-order valence-electron chi connectivity index (χ1n) is 5.57. The number of carbonyl (C=O) groups excluding carboxylic acids is 2. The van der Waals surface area contributed by atoms with Crippen LogP contribution in [0.1, 0.15) is 6.42 Å². The molecule has 1 fully saturated rings. The van der Waals surface area contributed by atoms with E-state index in [1.54, 1.807) is 7.05 Å². The number of amides is 1. The van der Waals surface area contributed by atoms with E-state index < -0.39 is 15.8 Å². The summed E-state index contributed by atoms with van der Waals surface area (Å²) in [5.74, 6) is -0.590. The van der Waals surface area contributed by atoms with E-state index in [1.165, 1.54) is 12.0 Å². The van der Waals surface area contributed by atoms with Crippen LogP contribution in [0.4, 0.5) is 0 Å². The lowest BCUT2D eigenvalue weighted by molar-refractivity contribution is -0.141. The molecule has 1 aliphatic heterocycles. The van der Waals surface area contributed by atoms with Crippen molar-refractivity contribution in [3.63, 3.8) is 0 Å². The van der Waals surface area contributed by atoms with Crippen LogP contribution in [0.2, 0.25) is 0 Å². The molecule has 1 rings (SSSR count). The van der Waals surface area contributed by atoms with Gasteiger partial charge in [-0.15, -0.1) is 0 Å². The maximum Gasteiger partial charge on any atom is 0.319 e. The van der Waals surface area contributed by atoms with Crippen LogP contribution in [0, 0.1) is 0 Å². The first kappa shape index (κ1) is 14.9. The molecule has 18 heavy (non-hydrogen) atoms. The Kier molecular flexibility index (Phi) is 5.09. The molecule has 7 nitrogen and oxygen atoms in total. The Morgan fingerprint density at radius 1 is 1.39 bits per heavy atom. The van der Waals surface area contributed by atoms with E-state index in [9.17, 15) is 18.0 Å². The molecule has 0 aromatic rings. The Morgan fingerprint density at radius 3 is 2.56 bits per heavy atom. The van der Waals surface area contributed by atoms with E-state index in [2.05, 4.69) is 10.1 Å². The fourth-order valence-corrected chi connectivity index (χ4v) is 3.44. The lowest BCUT2D eigenvalue weighted by Crippen LogP contribution is -2.42. The summed E-state index contributed by atoms with van der Waals surface area (Å²) in [6.07, 6.45) is 0.453. The van der Waals surface area contributed by atoms with E-state index in [4.69, 9.17) is 0 Å². The molecule has 0 saturated carbocycles. The van der Waals surface area contributed by atoms with Gasteiger partial charge < -0.3 is 10.1 Å². The summed E-state index contributed by atoms with van der Waals surface area (Å²) in [6.45, 7) is 0.0541. The third-order valence-corrected chi connectivity index (χ3v) is 4.41. The number of sulfone groups is 1. The van der Waals surface area contributed by atoms with Crippen molar-refractivity contribution < 1.29 is 22.7 Å². The van der Waals surface area contributed by atoms with Crippen LogP contribution in [0.15, 0.2) is 0 Å². The molecule has 1 amide bonds. The van der Waals surface area contributed by atoms with Crippen LogP contribution in [-0.2, 0) is 24.2 Å². The predicted octanol–water partition coefficient (Wildman–Crippen LogP) is -1.61. The van der Waals surface area contributed by atoms with Crippen LogP contribution in [0.3, 0.4) is 0 Å². The Balaban J connectivity index is 2.32. The average Bonchev–Trinajstić information content (AvgIpc) is 2.57. The van der Waals surface area contributed by atoms with Gasteiger partial charge >= 0.3 is 5.97 Å². The summed E-state index contributed by atoms with van der Waals surface area (Å²) in [5.41, 5.74) is 0. The lowest BCUT2D eigenvalue weighted by atomic mass is 10.2. The standard InChI is InChI=1S/C10H18N2O5S/c1-12(6-10(14)17-2)5-9(13)11-8-3-4-18(15,16)7-8/h8H,3-7H2,1-2H3,(H,11,13). The number of likely N-dealkylation sites (N-methyl/N-ethyl adjacent to an activating group) is 1. The van der Waals surface area contributed by atoms with Crippen molar-refractivity contribution >= 4 is 21.7 Å². The number of methoxy groups -OCH3 is 1. The average molecular weight is 278 g/mol. The highest BCUT2D eigenvalue weighted by molar-refractivity contribution is 7.91. The van der Waals surface area contributed by atoms with Crippen LogP contribution in [0.25, 0.3) is 0 Å². The van der Waals surface area contributed by atoms with Gasteiger partial charge in [0.2, 0.25) is 5.91 Å². The molecule has 1 atom stereocenters. The number of esters is 1. The molecule has 1 unspecified atom stereocenters. The van der Waals surface area contributed by atoms with E-state index >= 15 is 0 Å². The topological polar surface area (TPSA) is 92.8 Å². The van der Waals surface area contributed by atoms with Gasteiger partial charge in [-0.3, -0.25) is 14.5 Å². The first-order chi connectivity index (χ1) is 8.32. The van der Waals surface area contributed by atoms with Crippen LogP contribution < -0.4 is 5.32 Å². The number of carbonyl (C=O) groups is 2. The van der Waals surface area contributed by atoms with Gasteiger partial charge in [0.25, 0.3) is 0 Å². The first-order valence-corrected chi connectivity index (χ1v) is 7.39. The second-order valence-corrected chi connectivity index (χ2v) is 6.64. The van der Waals surface area contributed by atoms with Crippen molar-refractivity contribution in [3.8, 4) is 0 Å². The van der Waals surface area contributed by atoms with Crippen molar-refractivity contribution in [3.05, 3.63) is 0 Å². The summed E-state index contributed by atoms with van der Waals surface area (Å²) in [4.78, 5) is 24.1. The molecule has 0 bridgehead atoms. The molecule has 0 radical (unpaired) electrons. The lowest BCUT2D eigenvalue weighted by Gasteiger charge is -2.16. The van der Waals surface area contributed by atoms with Gasteiger partial charge in [-0.25, -0.2) is 8.42 Å². The van der Waals surface area contributed by atoms with Crippen molar-refractivity contribution in [1.82, 2.24) is 10.2 Å². The maximum atomic E-state index is 11.6. The van der Waals surface area contributed by atoms with E-state index in [0.717, 1.165) is 0 Å². The third-order valence-electron chi connectivity index (χ3n) is 2.64. The molecule has 0 aromatic heterocycles. The van der Waals surface area contributed by atoms with E-state index in [0.29, 0.717) is 6.42 Å². The zero-order valence-corrected chi connectivity index (χ0v) is 11.3. The number of ether oxygens (including phenoxy) is 1. The molecule has 104 valence electrons. The monoisotopic (exact) mass is 278 g/mol. The number of nitrogens with zero attached hydrogens (tertiary/aromatic N) is 1. The highest BCUT2D eigenvalue weighted by Gasteiger charge is 2.29. The van der Waals surface area contributed by atoms with E-state index in [-0.39, 0.29) is 36.5 Å². The van der Waals surface area contributed by atoms with Crippen LogP contribution in [-0.4, -0.2) is 70.0 Å². The minimum absolute atomic E-state index is 0.000540. The molecule has 1 saturated heterocycles. The fraction of sp³-hybridized carbons (Fsp3) is 0.800. The molecular formula is C10H18N2O5S. The van der Waals surface area contributed by atoms with Crippen molar-refractivity contribution in [2.45, 2.75) is 12.5 Å². The Bertz CT molecular complexity index is 420. The van der Waals surface area contributed by atoms with Gasteiger partial charge in [-0.05, 0) is 13.5 Å². The Labute approximate surface area is 106 Å². The number of nitrogens with one attached hydrogen (secondary N) is 1. The molecule has 0 aliphatic carbocycles. The number of hydrogen-bond donors (Lipinski definition) is 1. The molecule has 0 aromatic carbocycles. The molecule has 8 heteroatoms. The fourth-order valence-electron chi connectivity index (χ4n) is 1.77. The summed E-state index contributed by atoms with van der Waals surface area (Å²) in [7, 11) is -0.105. The van der Waals surface area contributed by atoms with Crippen molar-refractivity contribution in [1.29, 1.82) is 0 Å². The quantitative estimate of drug-likeness (QED) is 0.609. The van der Waals surface area contributed by atoms with Gasteiger partial charge in [0.05, 0.1) is 31.7 Å². The summed E-state index contributed by atoms with van der Waals surface area (Å²) < 4.78 is 26.9. The van der Waals surface area contributed by atoms with Crippen molar-refractivity contribution in [2.75, 3.05) is 38.8 Å². The summed E-state index contributed by atoms with van der Waals surface area (Å²) in [6, 6.07) is -0.311. The number of rotatable bonds is 5. The second-order valence-electron chi connectivity index (χ2n) is 4.42. The van der Waals surface area contributed by atoms with Gasteiger partial charge in [-0.2, -0.15) is 0 Å². The SMILES string of the molecule is COC(=O)CN(C)CC(=O)NC1CCS(=O)(=O)C1. The van der Waals surface area contributed by atoms with Gasteiger partial charge in [-0.1, -0.05) is 0 Å². The molecule has 1 N–H and O–H groups in total. The zero-order chi connectivity index (χ0) is 13.8. The van der Waals surface area contributed by atoms with Crippen LogP contribution >= 0.6 is 0 Å². The Hall–Kier alpha value is -1.15. The third kappa shape index (κ3) is 5.01. The summed E-state index contributed by atoms with van der Waals surface area (Å²) in [5, 5.41) is 2.64. The van der Waals surface area contributed by atoms with E-state index in [1.807, 2.05) is 0 Å². The minimum Gasteiger partial charge on any atom is -0.468 e. The highest BCUT2D eigenvalue weighted by Crippen LogP contribution is 2.10. The van der Waals surface area contributed by atoms with Gasteiger partial charge in [0.1, 0.15) is 0 Å². The molecule has 1 aliphatic rings. The second kappa shape index (κ2) is 6.14. The largest absolute Gasteiger partial charge is 0.468 e. The number of hydrogen-bond acceptors (Lipinski definition) is 6. The summed E-state index contributed by atoms with van der Waals surface area (Å²) >= 11 is 0. The van der Waals surface area contributed by atoms with Gasteiger partial charge in [0.15, 0.2) is 9.84 Å². The predicted molar refractivity (Wildman–Crippen MR) is 64.7 cm³/mol. The van der Waals surface area contributed by atoms with Gasteiger partial charge in [0, 0.05) is 6.04 Å².